The Morgan fingerprint density at radius 1 is 1.13 bits per heavy atom. The Morgan fingerprint density at radius 3 is 2.39 bits per heavy atom. The van der Waals surface area contributed by atoms with Crippen molar-refractivity contribution in [1.29, 1.82) is 0 Å². The first-order valence-corrected chi connectivity index (χ1v) is 11.6. The summed E-state index contributed by atoms with van der Waals surface area (Å²) in [6.45, 7) is 0.636. The molecule has 164 valence electrons. The van der Waals surface area contributed by atoms with Crippen LogP contribution in [0.4, 0.5) is 0 Å². The largest absolute Gasteiger partial charge is 0.495 e. The summed E-state index contributed by atoms with van der Waals surface area (Å²) in [7, 11) is -0.645. The van der Waals surface area contributed by atoms with Gasteiger partial charge in [0.2, 0.25) is 10.0 Å². The number of amides is 2. The minimum absolute atomic E-state index is 0.0334. The fourth-order valence-electron chi connectivity index (χ4n) is 4.14. The monoisotopic (exact) mass is 463 g/mol. The van der Waals surface area contributed by atoms with Crippen molar-refractivity contribution in [3.05, 3.63) is 58.6 Å². The summed E-state index contributed by atoms with van der Waals surface area (Å²) < 4.78 is 33.8. The van der Waals surface area contributed by atoms with Crippen LogP contribution >= 0.6 is 11.6 Å². The molecule has 1 saturated heterocycles. The number of methoxy groups -OCH3 is 1. The van der Waals surface area contributed by atoms with E-state index in [0.717, 1.165) is 0 Å². The third-order valence-electron chi connectivity index (χ3n) is 5.70. The Labute approximate surface area is 185 Å². The SMILES string of the molecule is COc1ccc(Cl)cc1S(=O)(=O)N[C@@H]1C[C@H](CN2C(=O)c3ccccc3C2=O)N(C)C1. The zero-order valence-corrected chi connectivity index (χ0v) is 18.6. The number of rotatable bonds is 6. The lowest BCUT2D eigenvalue weighted by Crippen LogP contribution is -2.41. The number of ether oxygens (including phenoxy) is 1. The van der Waals surface area contributed by atoms with Crippen molar-refractivity contribution in [2.45, 2.75) is 23.4 Å². The fourth-order valence-corrected chi connectivity index (χ4v) is 5.81. The first-order valence-electron chi connectivity index (χ1n) is 9.72. The van der Waals surface area contributed by atoms with Crippen LogP contribution in [-0.2, 0) is 10.0 Å². The van der Waals surface area contributed by atoms with E-state index >= 15 is 0 Å². The molecule has 0 aliphatic carbocycles. The van der Waals surface area contributed by atoms with E-state index in [1.807, 2.05) is 11.9 Å². The summed E-state index contributed by atoms with van der Waals surface area (Å²) in [5.74, 6) is -0.436. The number of benzene rings is 2. The highest BCUT2D eigenvalue weighted by Gasteiger charge is 2.40. The Hall–Kier alpha value is -2.46. The lowest BCUT2D eigenvalue weighted by atomic mass is 10.1. The van der Waals surface area contributed by atoms with Crippen LogP contribution in [0.15, 0.2) is 47.4 Å². The van der Waals surface area contributed by atoms with Gasteiger partial charge in [0.1, 0.15) is 10.6 Å². The number of likely N-dealkylation sites (tertiary alicyclic amines) is 1. The van der Waals surface area contributed by atoms with E-state index in [2.05, 4.69) is 4.72 Å². The zero-order chi connectivity index (χ0) is 22.3. The van der Waals surface area contributed by atoms with Crippen LogP contribution in [0.5, 0.6) is 5.75 Å². The van der Waals surface area contributed by atoms with Crippen LogP contribution in [0, 0.1) is 0 Å². The third-order valence-corrected chi connectivity index (χ3v) is 7.47. The summed E-state index contributed by atoms with van der Waals surface area (Å²) in [6, 6.07) is 10.6. The molecule has 2 heterocycles. The molecule has 2 aromatic carbocycles. The van der Waals surface area contributed by atoms with Crippen molar-refractivity contribution in [1.82, 2.24) is 14.5 Å². The molecule has 31 heavy (non-hydrogen) atoms. The normalized spacial score (nSPS) is 21.6. The fraction of sp³-hybridized carbons (Fsp3) is 0.333. The van der Waals surface area contributed by atoms with E-state index in [1.165, 1.54) is 24.1 Å². The van der Waals surface area contributed by atoms with Crippen LogP contribution < -0.4 is 9.46 Å². The van der Waals surface area contributed by atoms with Crippen LogP contribution in [-0.4, -0.2) is 69.4 Å². The molecule has 0 spiro atoms. The summed E-state index contributed by atoms with van der Waals surface area (Å²) in [5, 5.41) is 0.285. The number of imide groups is 1. The Balaban J connectivity index is 1.47. The molecular weight excluding hydrogens is 442 g/mol. The van der Waals surface area contributed by atoms with Crippen molar-refractivity contribution in [3.63, 3.8) is 0 Å². The predicted molar refractivity (Wildman–Crippen MR) is 115 cm³/mol. The van der Waals surface area contributed by atoms with E-state index in [0.29, 0.717) is 24.1 Å². The highest BCUT2D eigenvalue weighted by molar-refractivity contribution is 7.89. The second-order valence-corrected chi connectivity index (χ2v) is 9.83. The molecule has 0 aromatic heterocycles. The summed E-state index contributed by atoms with van der Waals surface area (Å²) in [4.78, 5) is 28.5. The van der Waals surface area contributed by atoms with Crippen molar-refractivity contribution in [3.8, 4) is 5.75 Å². The molecule has 2 aliphatic rings. The number of sulfonamides is 1. The van der Waals surface area contributed by atoms with Gasteiger partial charge in [0.15, 0.2) is 0 Å². The van der Waals surface area contributed by atoms with E-state index in [9.17, 15) is 18.0 Å². The molecule has 0 saturated carbocycles. The average molecular weight is 464 g/mol. The molecule has 2 atom stereocenters. The number of carbonyl (C=O) groups excluding carboxylic acids is 2. The number of hydrogen-bond donors (Lipinski definition) is 1. The second kappa shape index (κ2) is 8.23. The quantitative estimate of drug-likeness (QED) is 0.658. The number of fused-ring (bicyclic) bond motifs is 1. The van der Waals surface area contributed by atoms with Gasteiger partial charge in [-0.05, 0) is 43.8 Å². The van der Waals surface area contributed by atoms with Crippen LogP contribution in [0.1, 0.15) is 27.1 Å². The molecule has 2 amide bonds. The van der Waals surface area contributed by atoms with Crippen molar-refractivity contribution < 1.29 is 22.7 Å². The smallest absolute Gasteiger partial charge is 0.261 e. The lowest BCUT2D eigenvalue weighted by molar-refractivity contribution is 0.0618. The first kappa shape index (κ1) is 21.8. The number of likely N-dealkylation sites (N-methyl/N-ethyl adjacent to an activating group) is 1. The van der Waals surface area contributed by atoms with Gasteiger partial charge in [-0.1, -0.05) is 23.7 Å². The molecule has 1 N–H and O–H groups in total. The molecule has 0 unspecified atom stereocenters. The highest BCUT2D eigenvalue weighted by Crippen LogP contribution is 2.29. The molecule has 0 bridgehead atoms. The van der Waals surface area contributed by atoms with Gasteiger partial charge in [0, 0.05) is 30.2 Å². The predicted octanol–water partition coefficient (Wildman–Crippen LogP) is 2.00. The maximum Gasteiger partial charge on any atom is 0.261 e. The van der Waals surface area contributed by atoms with Gasteiger partial charge in [-0.25, -0.2) is 13.1 Å². The van der Waals surface area contributed by atoms with E-state index < -0.39 is 10.0 Å². The molecule has 0 radical (unpaired) electrons. The summed E-state index contributed by atoms with van der Waals surface area (Å²) in [5.41, 5.74) is 0.803. The maximum atomic E-state index is 12.9. The topological polar surface area (TPSA) is 96.0 Å². The van der Waals surface area contributed by atoms with Crippen molar-refractivity contribution >= 4 is 33.4 Å². The highest BCUT2D eigenvalue weighted by atomic mass is 35.5. The minimum Gasteiger partial charge on any atom is -0.495 e. The Bertz CT molecular complexity index is 1120. The number of hydrogen-bond acceptors (Lipinski definition) is 6. The number of halogens is 1. The van der Waals surface area contributed by atoms with Crippen LogP contribution in [0.3, 0.4) is 0 Å². The first-order chi connectivity index (χ1) is 14.7. The number of nitrogens with zero attached hydrogens (tertiary/aromatic N) is 2. The van der Waals surface area contributed by atoms with Crippen molar-refractivity contribution in [2.24, 2.45) is 0 Å². The minimum atomic E-state index is -3.88. The summed E-state index contributed by atoms with van der Waals surface area (Å²) in [6.07, 6.45) is 0.450. The second-order valence-electron chi connectivity index (χ2n) is 7.71. The maximum absolute atomic E-state index is 12.9. The van der Waals surface area contributed by atoms with Gasteiger partial charge in [0.05, 0.1) is 18.2 Å². The van der Waals surface area contributed by atoms with E-state index in [4.69, 9.17) is 16.3 Å². The van der Waals surface area contributed by atoms with Crippen LogP contribution in [0.25, 0.3) is 0 Å². The van der Waals surface area contributed by atoms with Gasteiger partial charge >= 0.3 is 0 Å². The molecule has 8 nitrogen and oxygen atoms in total. The standard InChI is InChI=1S/C21H22ClN3O5S/c1-24-11-14(23-31(28,29)19-9-13(22)7-8-18(19)30-2)10-15(24)12-25-20(26)16-5-3-4-6-17(16)21(25)27/h3-9,14-15,23H,10-12H2,1-2H3/t14-,15-/m1/s1. The number of carbonyl (C=O) groups is 2. The summed E-state index contributed by atoms with van der Waals surface area (Å²) >= 11 is 5.98. The average Bonchev–Trinajstić information content (AvgIpc) is 3.19. The lowest BCUT2D eigenvalue weighted by Gasteiger charge is -2.24. The van der Waals surface area contributed by atoms with E-state index in [-0.39, 0.29) is 46.1 Å². The van der Waals surface area contributed by atoms with Gasteiger partial charge in [0.25, 0.3) is 11.8 Å². The van der Waals surface area contributed by atoms with Crippen LogP contribution in [0.2, 0.25) is 5.02 Å². The number of nitrogens with one attached hydrogen (secondary N) is 1. The molecule has 10 heteroatoms. The molecule has 4 rings (SSSR count). The van der Waals surface area contributed by atoms with Crippen molar-refractivity contribution in [2.75, 3.05) is 27.2 Å². The molecule has 1 fully saturated rings. The third kappa shape index (κ3) is 4.06. The van der Waals surface area contributed by atoms with Gasteiger partial charge in [-0.3, -0.25) is 19.4 Å². The van der Waals surface area contributed by atoms with Gasteiger partial charge in [-0.2, -0.15) is 0 Å². The van der Waals surface area contributed by atoms with E-state index in [1.54, 1.807) is 30.3 Å². The molecule has 2 aliphatic heterocycles. The molecular formula is C21H22ClN3O5S. The van der Waals surface area contributed by atoms with Gasteiger partial charge in [-0.15, -0.1) is 0 Å². The molecule has 2 aromatic rings. The van der Waals surface area contributed by atoms with Gasteiger partial charge < -0.3 is 4.74 Å². The Morgan fingerprint density at radius 2 is 1.77 bits per heavy atom. The zero-order valence-electron chi connectivity index (χ0n) is 17.0. The Kier molecular flexibility index (Phi) is 5.78.